The van der Waals surface area contributed by atoms with Gasteiger partial charge in [-0.15, -0.1) is 15.3 Å². The molecule has 2 aromatic carbocycles. The first-order chi connectivity index (χ1) is 52.7. The first kappa shape index (κ1) is 88.0. The number of halogens is 2. The van der Waals surface area contributed by atoms with Crippen LogP contribution in [0.5, 0.6) is 0 Å². The molecule has 7 aliphatic rings. The van der Waals surface area contributed by atoms with Crippen molar-refractivity contribution in [1.82, 2.24) is 45.0 Å². The number of anilines is 4. The van der Waals surface area contributed by atoms with Crippen LogP contribution < -0.4 is 19.6 Å². The Morgan fingerprint density at radius 1 is 0.757 bits per heavy atom. The third-order valence-corrected chi connectivity index (χ3v) is 22.3. The molecule has 2 amide bonds. The van der Waals surface area contributed by atoms with Crippen molar-refractivity contribution in [2.75, 3.05) is 126 Å². The highest BCUT2D eigenvalue weighted by molar-refractivity contribution is 5.90. The van der Waals surface area contributed by atoms with Crippen LogP contribution in [-0.2, 0) is 78.1 Å². The maximum absolute atomic E-state index is 15.3. The van der Waals surface area contributed by atoms with Crippen molar-refractivity contribution >= 4 is 40.9 Å². The number of amides is 2. The van der Waals surface area contributed by atoms with E-state index in [2.05, 4.69) is 25.7 Å². The van der Waals surface area contributed by atoms with E-state index in [4.69, 9.17) is 57.7 Å². The van der Waals surface area contributed by atoms with Crippen LogP contribution in [-0.4, -0.2) is 303 Å². The fraction of sp³-hybridized carbons (Fsp3) is 0.750. The summed E-state index contributed by atoms with van der Waals surface area (Å²) >= 11 is 0. The predicted octanol–water partition coefficient (Wildman–Crippen LogP) is 4.63. The molecule has 20 atom stereocenters. The van der Waals surface area contributed by atoms with Crippen molar-refractivity contribution in [2.24, 2.45) is 17.8 Å². The largest absolute Gasteiger partial charge is 0.459 e. The topological polar surface area (TPSA) is 382 Å². The second kappa shape index (κ2) is 39.4. The lowest BCUT2D eigenvalue weighted by Crippen LogP contribution is -2.61. The van der Waals surface area contributed by atoms with Gasteiger partial charge in [-0.05, 0) is 136 Å². The number of benzene rings is 2. The molecule has 0 bridgehead atoms. The zero-order valence-corrected chi connectivity index (χ0v) is 66.6. The number of nitrogens with zero attached hydrogens (tertiary/aromatic N) is 14. The molecular formula is C76H118F2N14O19. The van der Waals surface area contributed by atoms with Crippen molar-refractivity contribution in [3.8, 4) is 6.07 Å². The second-order valence-electron chi connectivity index (χ2n) is 31.2. The third kappa shape index (κ3) is 22.1. The molecule has 33 nitrogen and oxygen atoms in total. The number of aryl methyl sites for hydroxylation is 1. The molecule has 9 heterocycles. The highest BCUT2D eigenvalue weighted by Crippen LogP contribution is 2.41. The van der Waals surface area contributed by atoms with Crippen molar-refractivity contribution in [2.45, 2.75) is 243 Å². The number of methoxy groups -OCH3 is 1. The van der Waals surface area contributed by atoms with E-state index in [-0.39, 0.29) is 57.1 Å². The number of nitriles is 1. The molecule has 7 fully saturated rings. The molecule has 7 saturated heterocycles. The first-order valence-electron chi connectivity index (χ1n) is 38.8. The monoisotopic (exact) mass is 1570 g/mol. The van der Waals surface area contributed by atoms with E-state index in [0.29, 0.717) is 126 Å². The number of hydrogen-bond acceptors (Lipinski definition) is 29. The summed E-state index contributed by atoms with van der Waals surface area (Å²) in [6.07, 6.45) is -7.37. The van der Waals surface area contributed by atoms with E-state index in [0.717, 1.165) is 12.8 Å². The molecule has 0 radical (unpaired) electrons. The lowest BCUT2D eigenvalue weighted by molar-refractivity contribution is -0.318. The average molecular weight is 1570 g/mol. The van der Waals surface area contributed by atoms with E-state index >= 15 is 4.39 Å². The molecule has 35 heteroatoms. The summed E-state index contributed by atoms with van der Waals surface area (Å²) in [6.45, 7) is 26.0. The first-order valence-corrected chi connectivity index (χ1v) is 38.8. The normalized spacial score (nSPS) is 33.5. The summed E-state index contributed by atoms with van der Waals surface area (Å²) in [4.78, 5) is 51.8. The number of esters is 1. The molecule has 0 saturated carbocycles. The number of tetrazole rings is 1. The van der Waals surface area contributed by atoms with Gasteiger partial charge in [-0.1, -0.05) is 32.9 Å². The summed E-state index contributed by atoms with van der Waals surface area (Å²) in [5.41, 5.74) is -2.08. The summed E-state index contributed by atoms with van der Waals surface area (Å²) in [6, 6.07) is 10.3. The zero-order valence-electron chi connectivity index (χ0n) is 66.6. The number of carbonyl (C=O) groups is 3. The highest BCUT2D eigenvalue weighted by Gasteiger charge is 2.53. The molecule has 620 valence electrons. The summed E-state index contributed by atoms with van der Waals surface area (Å²) in [5.74, 6) is -3.00. The van der Waals surface area contributed by atoms with Crippen LogP contribution in [0.4, 0.5) is 41.1 Å². The lowest BCUT2D eigenvalue weighted by atomic mass is 9.77. The van der Waals surface area contributed by atoms with Gasteiger partial charge >= 0.3 is 18.2 Å². The number of morpholine rings is 2. The number of rotatable bonds is 21. The van der Waals surface area contributed by atoms with Gasteiger partial charge in [0.15, 0.2) is 18.4 Å². The Kier molecular flexibility index (Phi) is 31.2. The van der Waals surface area contributed by atoms with Crippen LogP contribution in [0.25, 0.3) is 0 Å². The SMILES string of the molecule is CCCc1nnn(C[C@H]2CN(c3ccc(N4CCOCC4)c(F)c3)C(=O)O2)n1.CC[C@H]1OC(=O)[C@H](C)[C@@H](O[C@H]2C[C@@](C)(OC)[C@@H](O)[C@H](C)O2)[C@H](C)[C@@H](O[C@@H]2O[C@H](C)C[C@H](N(C)CCc3cn(C[C@H]4CN(c5ccc(N6CCOCC6)c(F)c5)C(=O)O4)nn3)[C@H]2O)[C@](C)(O)C[C@@H](C)CN(C)[C@H](C)[C@@H](O)[C@]1(C)O.N#CCCO. The Morgan fingerprint density at radius 2 is 1.35 bits per heavy atom. The van der Waals surface area contributed by atoms with Gasteiger partial charge in [0.25, 0.3) is 0 Å². The fourth-order valence-electron chi connectivity index (χ4n) is 15.9. The van der Waals surface area contributed by atoms with Crippen LogP contribution >= 0.6 is 0 Å². The second-order valence-corrected chi connectivity index (χ2v) is 31.2. The van der Waals surface area contributed by atoms with Gasteiger partial charge in [0, 0.05) is 89.8 Å². The fourth-order valence-corrected chi connectivity index (χ4v) is 15.9. The van der Waals surface area contributed by atoms with Crippen LogP contribution in [0.15, 0.2) is 42.6 Å². The minimum Gasteiger partial charge on any atom is -0.459 e. The maximum atomic E-state index is 15.3. The number of cyclic esters (lactones) is 3. The molecule has 0 unspecified atom stereocenters. The minimum absolute atomic E-state index is 0.0174. The smallest absolute Gasteiger partial charge is 0.414 e. The summed E-state index contributed by atoms with van der Waals surface area (Å²) in [7, 11) is 5.21. The molecule has 6 N–H and O–H groups in total. The van der Waals surface area contributed by atoms with Gasteiger partial charge in [0.1, 0.15) is 60.4 Å². The summed E-state index contributed by atoms with van der Waals surface area (Å²) < 4.78 is 91.6. The number of aromatic nitrogens is 7. The number of aliphatic hydroxyl groups is 6. The van der Waals surface area contributed by atoms with E-state index in [1.807, 2.05) is 54.5 Å². The van der Waals surface area contributed by atoms with Gasteiger partial charge < -0.3 is 97.6 Å². The van der Waals surface area contributed by atoms with Crippen molar-refractivity contribution in [3.05, 3.63) is 65.7 Å². The molecule has 7 aliphatic heterocycles. The zero-order chi connectivity index (χ0) is 80.8. The van der Waals surface area contributed by atoms with Crippen LogP contribution in [0.2, 0.25) is 0 Å². The van der Waals surface area contributed by atoms with E-state index < -0.39 is 138 Å². The molecule has 4 aromatic rings. The Labute approximate surface area is 648 Å². The standard InChI is InChI=1S/C55H90FN7O15.C18H23FN6O3.C3H5NO/c1-14-43-55(10,70)47(65)35(6)60(12)27-31(2)25-53(8,69)49(33(4)46(34(5)50(67)76-43)77-44-26-54(9,71-13)48(66)36(7)74-44)78-51-45(64)42(23-32(3)73-51)59(11)18-17-37-28-62(58-57-37)29-39-30-63(52(68)75-39)38-15-16-41(40(56)24-38)61-19-21-72-22-20-61;1-2-3-17-20-22-25(21-17)12-14-11-24(18(26)28-14)13-4-5-16(15(19)10-13)23-6-8-27-9-7-23;4-2-1-3-5/h15-16,24,28,31-36,39,42-49,51,64-66,69-70H,14,17-23,25-27,29-30H2,1-13H3;4-5,10,14H,2-3,6-9,11-12H2,1H3;5H,1,3H2/t31-,32-,33+,34-,35-,36+,39+,42+,43-,44+,45-,46+,47-,48+,49-,51+,53-,54-,55-;14-;/m11./s1. The Balaban J connectivity index is 0.000000352. The van der Waals surface area contributed by atoms with Crippen molar-refractivity contribution < 1.29 is 101 Å². The Morgan fingerprint density at radius 3 is 1.89 bits per heavy atom. The molecular weight excluding hydrogens is 1450 g/mol. The Bertz CT molecular complexity index is 3680. The van der Waals surface area contributed by atoms with Gasteiger partial charge in [-0.3, -0.25) is 14.6 Å². The molecule has 0 aliphatic carbocycles. The van der Waals surface area contributed by atoms with Gasteiger partial charge in [0.05, 0.1) is 135 Å². The van der Waals surface area contributed by atoms with Gasteiger partial charge in [-0.25, -0.2) is 23.1 Å². The van der Waals surface area contributed by atoms with Crippen molar-refractivity contribution in [3.63, 3.8) is 0 Å². The van der Waals surface area contributed by atoms with Gasteiger partial charge in [-0.2, -0.15) is 10.1 Å². The number of likely N-dealkylation sites (N-methyl/N-ethyl adjacent to an activating group) is 2. The number of carbonyl (C=O) groups excluding carboxylic acids is 3. The van der Waals surface area contributed by atoms with Gasteiger partial charge in [0.2, 0.25) is 0 Å². The molecule has 0 spiro atoms. The maximum Gasteiger partial charge on any atom is 0.414 e. The molecule has 11 rings (SSSR count). The molecule has 2 aromatic heterocycles. The van der Waals surface area contributed by atoms with E-state index in [1.165, 1.54) is 40.8 Å². The quantitative estimate of drug-likeness (QED) is 0.0489. The van der Waals surface area contributed by atoms with Crippen LogP contribution in [0, 0.1) is 40.7 Å². The number of hydrogen-bond donors (Lipinski definition) is 6. The molecule has 111 heavy (non-hydrogen) atoms. The van der Waals surface area contributed by atoms with E-state index in [9.17, 15) is 44.3 Å². The van der Waals surface area contributed by atoms with E-state index in [1.54, 1.807) is 89.7 Å². The Hall–Kier alpha value is -6.99. The minimum atomic E-state index is -1.86. The number of ether oxygens (including phenoxy) is 10. The summed E-state index contributed by atoms with van der Waals surface area (Å²) in [5, 5.41) is 96.3. The lowest BCUT2D eigenvalue weighted by Gasteiger charge is -2.49. The highest BCUT2D eigenvalue weighted by atomic mass is 19.1. The van der Waals surface area contributed by atoms with Crippen LogP contribution in [0.3, 0.4) is 0 Å². The van der Waals surface area contributed by atoms with Crippen molar-refractivity contribution in [1.29, 1.82) is 5.26 Å². The number of aliphatic hydroxyl groups excluding tert-OH is 4. The third-order valence-electron chi connectivity index (χ3n) is 22.3. The average Bonchev–Trinajstić information content (AvgIpc) is 1.52. The predicted molar refractivity (Wildman–Crippen MR) is 400 cm³/mol. The van der Waals surface area contributed by atoms with Crippen LogP contribution in [0.1, 0.15) is 126 Å².